The van der Waals surface area contributed by atoms with E-state index < -0.39 is 0 Å². The molecular formula is C21H28ClN3O. The average molecular weight is 374 g/mol. The molecule has 0 aliphatic carbocycles. The Morgan fingerprint density at radius 1 is 1.12 bits per heavy atom. The number of halogens is 1. The van der Waals surface area contributed by atoms with Crippen LogP contribution in [0.4, 0.5) is 11.4 Å². The first-order chi connectivity index (χ1) is 12.3. The molecule has 0 aromatic heterocycles. The normalized spacial score (nSPS) is 10.9. The molecule has 0 atom stereocenters. The molecule has 0 radical (unpaired) electrons. The zero-order valence-electron chi connectivity index (χ0n) is 16.3. The maximum atomic E-state index is 12.5. The second kappa shape index (κ2) is 9.06. The third-order valence-corrected chi connectivity index (χ3v) is 4.67. The van der Waals surface area contributed by atoms with Crippen molar-refractivity contribution in [1.29, 1.82) is 0 Å². The van der Waals surface area contributed by atoms with Gasteiger partial charge in [-0.2, -0.15) is 0 Å². The Labute approximate surface area is 161 Å². The van der Waals surface area contributed by atoms with E-state index in [4.69, 9.17) is 11.6 Å². The van der Waals surface area contributed by atoms with Gasteiger partial charge < -0.3 is 10.2 Å². The van der Waals surface area contributed by atoms with Crippen molar-refractivity contribution >= 4 is 28.9 Å². The van der Waals surface area contributed by atoms with Crippen LogP contribution in [-0.4, -0.2) is 38.0 Å². The van der Waals surface area contributed by atoms with Gasteiger partial charge >= 0.3 is 0 Å². The Hall–Kier alpha value is -2.04. The Morgan fingerprint density at radius 3 is 2.31 bits per heavy atom. The van der Waals surface area contributed by atoms with Crippen LogP contribution in [0.15, 0.2) is 36.4 Å². The highest BCUT2D eigenvalue weighted by Crippen LogP contribution is 2.27. The van der Waals surface area contributed by atoms with Crippen molar-refractivity contribution in [2.75, 3.05) is 37.4 Å². The van der Waals surface area contributed by atoms with Gasteiger partial charge in [-0.25, -0.2) is 0 Å². The summed E-state index contributed by atoms with van der Waals surface area (Å²) in [5, 5.41) is 3.54. The minimum atomic E-state index is -0.0504. The van der Waals surface area contributed by atoms with E-state index in [2.05, 4.69) is 46.3 Å². The van der Waals surface area contributed by atoms with E-state index in [0.717, 1.165) is 24.2 Å². The predicted octanol–water partition coefficient (Wildman–Crippen LogP) is 4.48. The first-order valence-electron chi connectivity index (χ1n) is 8.85. The van der Waals surface area contributed by atoms with Crippen LogP contribution in [0.25, 0.3) is 0 Å². The smallest absolute Gasteiger partial charge is 0.238 e. The second-order valence-electron chi connectivity index (χ2n) is 6.85. The van der Waals surface area contributed by atoms with Gasteiger partial charge in [0, 0.05) is 26.3 Å². The Morgan fingerprint density at radius 2 is 1.77 bits per heavy atom. The number of anilines is 2. The summed E-state index contributed by atoms with van der Waals surface area (Å²) in [6, 6.07) is 12.3. The van der Waals surface area contributed by atoms with Gasteiger partial charge in [-0.1, -0.05) is 36.7 Å². The molecule has 26 heavy (non-hydrogen) atoms. The summed E-state index contributed by atoms with van der Waals surface area (Å²) >= 11 is 6.29. The summed E-state index contributed by atoms with van der Waals surface area (Å²) in [5.41, 5.74) is 5.12. The molecule has 5 heteroatoms. The van der Waals surface area contributed by atoms with Crippen LogP contribution in [0.2, 0.25) is 5.02 Å². The zero-order valence-corrected chi connectivity index (χ0v) is 17.0. The molecule has 0 fully saturated rings. The number of carbonyl (C=O) groups excluding carboxylic acids is 1. The molecule has 0 aliphatic rings. The lowest BCUT2D eigenvalue weighted by atomic mass is 10.1. The first kappa shape index (κ1) is 20.3. The first-order valence-corrected chi connectivity index (χ1v) is 9.23. The summed E-state index contributed by atoms with van der Waals surface area (Å²) < 4.78 is 0. The fraction of sp³-hybridized carbons (Fsp3) is 0.381. The van der Waals surface area contributed by atoms with Gasteiger partial charge in [0.15, 0.2) is 0 Å². The van der Waals surface area contributed by atoms with E-state index in [9.17, 15) is 4.79 Å². The van der Waals surface area contributed by atoms with Gasteiger partial charge in [0.1, 0.15) is 0 Å². The standard InChI is InChI=1S/C21H28ClN3O/c1-6-25(13-17-7-9-18(10-8-17)24(4)5)14-20(26)23-21-16(3)11-15(2)12-19(21)22/h7-12H,6,13-14H2,1-5H3,(H,23,26). The van der Waals surface area contributed by atoms with E-state index in [1.807, 2.05) is 40.1 Å². The molecule has 2 rings (SSSR count). The van der Waals surface area contributed by atoms with Crippen molar-refractivity contribution in [1.82, 2.24) is 4.90 Å². The zero-order chi connectivity index (χ0) is 19.3. The molecule has 0 unspecified atom stereocenters. The number of aryl methyl sites for hydroxylation is 2. The summed E-state index contributed by atoms with van der Waals surface area (Å²) in [5.74, 6) is -0.0504. The summed E-state index contributed by atoms with van der Waals surface area (Å²) in [7, 11) is 4.05. The fourth-order valence-corrected chi connectivity index (χ4v) is 3.26. The van der Waals surface area contributed by atoms with Crippen molar-refractivity contribution < 1.29 is 4.79 Å². The number of carbonyl (C=O) groups is 1. The van der Waals surface area contributed by atoms with E-state index >= 15 is 0 Å². The third kappa shape index (κ3) is 5.48. The van der Waals surface area contributed by atoms with Crippen molar-refractivity contribution in [2.45, 2.75) is 27.3 Å². The highest BCUT2D eigenvalue weighted by atomic mass is 35.5. The van der Waals surface area contributed by atoms with E-state index in [0.29, 0.717) is 17.3 Å². The van der Waals surface area contributed by atoms with Gasteiger partial charge in [-0.15, -0.1) is 0 Å². The van der Waals surface area contributed by atoms with Crippen molar-refractivity contribution in [2.24, 2.45) is 0 Å². The number of likely N-dealkylation sites (N-methyl/N-ethyl adjacent to an activating group) is 1. The molecule has 1 amide bonds. The second-order valence-corrected chi connectivity index (χ2v) is 7.26. The Balaban J connectivity index is 2.00. The molecule has 0 bridgehead atoms. The van der Waals surface area contributed by atoms with E-state index in [-0.39, 0.29) is 5.91 Å². The lowest BCUT2D eigenvalue weighted by Gasteiger charge is -2.21. The summed E-state index contributed by atoms with van der Waals surface area (Å²) in [4.78, 5) is 16.7. The maximum Gasteiger partial charge on any atom is 0.238 e. The highest BCUT2D eigenvalue weighted by Gasteiger charge is 2.13. The van der Waals surface area contributed by atoms with Crippen LogP contribution in [0.1, 0.15) is 23.6 Å². The van der Waals surface area contributed by atoms with Crippen molar-refractivity contribution in [3.63, 3.8) is 0 Å². The molecule has 2 aromatic rings. The van der Waals surface area contributed by atoms with Crippen LogP contribution in [0, 0.1) is 13.8 Å². The third-order valence-electron chi connectivity index (χ3n) is 4.37. The minimum Gasteiger partial charge on any atom is -0.378 e. The van der Waals surface area contributed by atoms with Gasteiger partial charge in [-0.05, 0) is 55.3 Å². The number of hydrogen-bond donors (Lipinski definition) is 1. The maximum absolute atomic E-state index is 12.5. The van der Waals surface area contributed by atoms with Gasteiger partial charge in [0.05, 0.1) is 17.3 Å². The molecule has 0 aliphatic heterocycles. The van der Waals surface area contributed by atoms with Gasteiger partial charge in [0.25, 0.3) is 0 Å². The lowest BCUT2D eigenvalue weighted by molar-refractivity contribution is -0.117. The molecule has 1 N–H and O–H groups in total. The van der Waals surface area contributed by atoms with E-state index in [1.54, 1.807) is 0 Å². The highest BCUT2D eigenvalue weighted by molar-refractivity contribution is 6.34. The molecule has 0 spiro atoms. The monoisotopic (exact) mass is 373 g/mol. The average Bonchev–Trinajstić information content (AvgIpc) is 2.58. The molecule has 0 saturated carbocycles. The predicted molar refractivity (Wildman–Crippen MR) is 111 cm³/mol. The van der Waals surface area contributed by atoms with Crippen LogP contribution >= 0.6 is 11.6 Å². The SMILES string of the molecule is CCN(CC(=O)Nc1c(C)cc(C)cc1Cl)Cc1ccc(N(C)C)cc1. The molecule has 2 aromatic carbocycles. The van der Waals surface area contributed by atoms with Crippen LogP contribution in [-0.2, 0) is 11.3 Å². The Bertz CT molecular complexity index is 733. The summed E-state index contributed by atoms with van der Waals surface area (Å²) in [6.45, 7) is 7.87. The van der Waals surface area contributed by atoms with Crippen LogP contribution < -0.4 is 10.2 Å². The largest absolute Gasteiger partial charge is 0.378 e. The van der Waals surface area contributed by atoms with Crippen LogP contribution in [0.3, 0.4) is 0 Å². The number of nitrogens with one attached hydrogen (secondary N) is 1. The van der Waals surface area contributed by atoms with Gasteiger partial charge in [-0.3, -0.25) is 9.69 Å². The summed E-state index contributed by atoms with van der Waals surface area (Å²) in [6.07, 6.45) is 0. The number of amides is 1. The van der Waals surface area contributed by atoms with Crippen molar-refractivity contribution in [3.05, 3.63) is 58.1 Å². The molecule has 140 valence electrons. The number of nitrogens with zero attached hydrogens (tertiary/aromatic N) is 2. The quantitative estimate of drug-likeness (QED) is 0.777. The number of hydrogen-bond acceptors (Lipinski definition) is 3. The topological polar surface area (TPSA) is 35.6 Å². The minimum absolute atomic E-state index is 0.0504. The lowest BCUT2D eigenvalue weighted by Crippen LogP contribution is -2.33. The van der Waals surface area contributed by atoms with Crippen LogP contribution in [0.5, 0.6) is 0 Å². The number of benzene rings is 2. The van der Waals surface area contributed by atoms with Gasteiger partial charge in [0.2, 0.25) is 5.91 Å². The van der Waals surface area contributed by atoms with Crippen molar-refractivity contribution in [3.8, 4) is 0 Å². The molecule has 0 saturated heterocycles. The molecular weight excluding hydrogens is 346 g/mol. The molecule has 0 heterocycles. The van der Waals surface area contributed by atoms with E-state index in [1.165, 1.54) is 11.3 Å². The Kier molecular flexibility index (Phi) is 7.06. The number of rotatable bonds is 7. The fourth-order valence-electron chi connectivity index (χ4n) is 2.89. The molecule has 4 nitrogen and oxygen atoms in total.